The predicted octanol–water partition coefficient (Wildman–Crippen LogP) is 10.2. The number of hydrogen-bond acceptors (Lipinski definition) is 2. The van der Waals surface area contributed by atoms with Crippen LogP contribution in [0.1, 0.15) is 28.7 Å². The van der Waals surface area contributed by atoms with Crippen molar-refractivity contribution in [3.05, 3.63) is 162 Å². The molecule has 0 spiro atoms. The van der Waals surface area contributed by atoms with E-state index in [1.807, 2.05) is 42.5 Å². The van der Waals surface area contributed by atoms with Gasteiger partial charge in [0, 0.05) is 33.2 Å². The zero-order valence-corrected chi connectivity index (χ0v) is 25.8. The Bertz CT molecular complexity index is 2730. The molecule has 2 unspecified atom stereocenters. The third-order valence-electron chi connectivity index (χ3n) is 9.66. The van der Waals surface area contributed by atoms with Crippen LogP contribution in [0.2, 0.25) is 0 Å². The number of nitriles is 2. The lowest BCUT2D eigenvalue weighted by atomic mass is 9.83. The Morgan fingerprint density at radius 3 is 1.92 bits per heavy atom. The van der Waals surface area contributed by atoms with Gasteiger partial charge in [-0.15, -0.1) is 0 Å². The lowest BCUT2D eigenvalue weighted by Crippen LogP contribution is -2.17. The normalized spacial score (nSPS) is 15.4. The molecule has 9 rings (SSSR count). The fourth-order valence-corrected chi connectivity index (χ4v) is 7.64. The summed E-state index contributed by atoms with van der Waals surface area (Å²) >= 11 is 0. The maximum Gasteiger partial charge on any atom is 0.106 e. The second-order valence-electron chi connectivity index (χ2n) is 12.1. The van der Waals surface area contributed by atoms with Gasteiger partial charge in [0.2, 0.25) is 0 Å². The standard InChI is InChI=1S/C44H26N4/c45-27-29-12-11-19-39-38-18-6-7-20-40(38)47(44(29)39)31-24-25-32(30(26-31)28-46)33-13-1-2-14-34(33)35-15-3-8-21-41(35)48-42-22-9-4-16-36(42)37-17-5-10-23-43(37)48/h1-7,9-20,22-26,35,41H. The van der Waals surface area contributed by atoms with Crippen molar-refractivity contribution in [3.63, 3.8) is 0 Å². The van der Waals surface area contributed by atoms with Crippen LogP contribution in [0.15, 0.2) is 146 Å². The molecule has 0 amide bonds. The quantitative estimate of drug-likeness (QED) is 0.186. The van der Waals surface area contributed by atoms with Crippen LogP contribution in [-0.4, -0.2) is 9.13 Å². The van der Waals surface area contributed by atoms with Gasteiger partial charge in [0.25, 0.3) is 0 Å². The van der Waals surface area contributed by atoms with Gasteiger partial charge in [-0.2, -0.15) is 10.5 Å². The van der Waals surface area contributed by atoms with E-state index in [1.54, 1.807) is 0 Å². The highest BCUT2D eigenvalue weighted by molar-refractivity contribution is 6.11. The summed E-state index contributed by atoms with van der Waals surface area (Å²) in [5.74, 6) is 6.78. The molecule has 2 atom stereocenters. The van der Waals surface area contributed by atoms with Gasteiger partial charge in [0.15, 0.2) is 0 Å². The predicted molar refractivity (Wildman–Crippen MR) is 194 cm³/mol. The van der Waals surface area contributed by atoms with Gasteiger partial charge >= 0.3 is 0 Å². The molecular weight excluding hydrogens is 585 g/mol. The van der Waals surface area contributed by atoms with E-state index in [-0.39, 0.29) is 12.0 Å². The fraction of sp³-hybridized carbons (Fsp3) is 0.0455. The van der Waals surface area contributed by atoms with Crippen LogP contribution in [0.4, 0.5) is 0 Å². The minimum Gasteiger partial charge on any atom is -0.325 e. The molecule has 0 saturated carbocycles. The first kappa shape index (κ1) is 27.5. The highest BCUT2D eigenvalue weighted by Gasteiger charge is 2.28. The van der Waals surface area contributed by atoms with Crippen LogP contribution in [0.5, 0.6) is 0 Å². The molecule has 4 nitrogen and oxygen atoms in total. The average Bonchev–Trinajstić information content (AvgIpc) is 3.68. The summed E-state index contributed by atoms with van der Waals surface area (Å²) in [6.07, 6.45) is 4.15. The van der Waals surface area contributed by atoms with Crippen molar-refractivity contribution in [1.82, 2.24) is 9.13 Å². The SMILES string of the molecule is N#Cc1cc(-n2c3ccccc3c3cccc(C#N)c32)ccc1-c1ccccc1C1C=CC#CC1n1c2ccccc2c2ccccc21. The van der Waals surface area contributed by atoms with E-state index in [0.717, 1.165) is 55.2 Å². The number of para-hydroxylation sites is 4. The average molecular weight is 611 g/mol. The molecule has 1 aliphatic carbocycles. The number of rotatable bonds is 4. The Morgan fingerprint density at radius 2 is 1.19 bits per heavy atom. The van der Waals surface area contributed by atoms with Gasteiger partial charge in [0.1, 0.15) is 12.1 Å². The summed E-state index contributed by atoms with van der Waals surface area (Å²) in [6.45, 7) is 0. The smallest absolute Gasteiger partial charge is 0.106 e. The van der Waals surface area contributed by atoms with Gasteiger partial charge in [-0.3, -0.25) is 0 Å². The van der Waals surface area contributed by atoms with Gasteiger partial charge in [-0.1, -0.05) is 115 Å². The third kappa shape index (κ3) is 4.03. The van der Waals surface area contributed by atoms with E-state index in [2.05, 4.69) is 136 Å². The number of nitrogens with zero attached hydrogens (tertiary/aromatic N) is 4. The highest BCUT2D eigenvalue weighted by Crippen LogP contribution is 2.43. The monoisotopic (exact) mass is 610 g/mol. The Balaban J connectivity index is 1.22. The first-order valence-corrected chi connectivity index (χ1v) is 16.0. The minimum absolute atomic E-state index is 0.0524. The molecule has 0 radical (unpaired) electrons. The van der Waals surface area contributed by atoms with Crippen molar-refractivity contribution in [2.24, 2.45) is 0 Å². The largest absolute Gasteiger partial charge is 0.325 e. The minimum atomic E-state index is -0.146. The summed E-state index contributed by atoms with van der Waals surface area (Å²) in [4.78, 5) is 0. The lowest BCUT2D eigenvalue weighted by molar-refractivity contribution is 0.597. The maximum absolute atomic E-state index is 10.6. The molecule has 2 heterocycles. The van der Waals surface area contributed by atoms with Crippen LogP contribution in [0, 0.1) is 34.5 Å². The van der Waals surface area contributed by atoms with Gasteiger partial charge in [0.05, 0.1) is 39.3 Å². The van der Waals surface area contributed by atoms with Crippen molar-refractivity contribution >= 4 is 43.6 Å². The summed E-state index contributed by atoms with van der Waals surface area (Å²) in [6, 6.07) is 50.3. The molecule has 0 bridgehead atoms. The topological polar surface area (TPSA) is 57.4 Å². The van der Waals surface area contributed by atoms with Crippen LogP contribution in [0.3, 0.4) is 0 Å². The second kappa shape index (κ2) is 10.9. The van der Waals surface area contributed by atoms with Crippen molar-refractivity contribution in [1.29, 1.82) is 10.5 Å². The first-order valence-electron chi connectivity index (χ1n) is 16.0. The van der Waals surface area contributed by atoms with Crippen molar-refractivity contribution in [3.8, 4) is 40.8 Å². The molecule has 6 aromatic carbocycles. The van der Waals surface area contributed by atoms with E-state index >= 15 is 0 Å². The Kier molecular flexibility index (Phi) is 6.26. The summed E-state index contributed by atoms with van der Waals surface area (Å²) < 4.78 is 4.49. The molecule has 48 heavy (non-hydrogen) atoms. The Hall–Kier alpha value is -6.80. The third-order valence-corrected chi connectivity index (χ3v) is 9.66. The Morgan fingerprint density at radius 1 is 0.562 bits per heavy atom. The fourth-order valence-electron chi connectivity index (χ4n) is 7.64. The maximum atomic E-state index is 10.6. The van der Waals surface area contributed by atoms with E-state index in [1.165, 1.54) is 10.8 Å². The lowest BCUT2D eigenvalue weighted by Gasteiger charge is -2.27. The summed E-state index contributed by atoms with van der Waals surface area (Å²) in [5.41, 5.74) is 9.14. The summed E-state index contributed by atoms with van der Waals surface area (Å²) in [5, 5.41) is 25.2. The zero-order chi connectivity index (χ0) is 32.2. The molecule has 0 N–H and O–H groups in total. The molecule has 0 aliphatic heterocycles. The number of hydrogen-bond donors (Lipinski definition) is 0. The van der Waals surface area contributed by atoms with Crippen LogP contribution in [-0.2, 0) is 0 Å². The van der Waals surface area contributed by atoms with Gasteiger partial charge in [-0.05, 0) is 59.2 Å². The van der Waals surface area contributed by atoms with Crippen molar-refractivity contribution in [2.75, 3.05) is 0 Å². The number of allylic oxidation sites excluding steroid dienone is 2. The summed E-state index contributed by atoms with van der Waals surface area (Å²) in [7, 11) is 0. The number of benzene rings is 6. The molecule has 0 saturated heterocycles. The van der Waals surface area contributed by atoms with Crippen LogP contribution < -0.4 is 0 Å². The number of fused-ring (bicyclic) bond motifs is 6. The molecule has 8 aromatic rings. The molecular formula is C44H26N4. The highest BCUT2D eigenvalue weighted by atomic mass is 15.0. The molecule has 2 aromatic heterocycles. The van der Waals surface area contributed by atoms with E-state index in [0.29, 0.717) is 11.1 Å². The molecule has 0 fully saturated rings. The van der Waals surface area contributed by atoms with Crippen molar-refractivity contribution in [2.45, 2.75) is 12.0 Å². The van der Waals surface area contributed by atoms with E-state index < -0.39 is 0 Å². The van der Waals surface area contributed by atoms with Gasteiger partial charge < -0.3 is 9.13 Å². The van der Waals surface area contributed by atoms with Crippen LogP contribution >= 0.6 is 0 Å². The molecule has 1 aliphatic rings. The second-order valence-corrected chi connectivity index (χ2v) is 12.1. The van der Waals surface area contributed by atoms with E-state index in [9.17, 15) is 10.5 Å². The van der Waals surface area contributed by atoms with Crippen molar-refractivity contribution < 1.29 is 0 Å². The number of aromatic nitrogens is 2. The molecule has 222 valence electrons. The Labute approximate surface area is 277 Å². The van der Waals surface area contributed by atoms with Crippen LogP contribution in [0.25, 0.3) is 60.4 Å². The van der Waals surface area contributed by atoms with E-state index in [4.69, 9.17) is 0 Å². The van der Waals surface area contributed by atoms with Gasteiger partial charge in [-0.25, -0.2) is 0 Å². The zero-order valence-electron chi connectivity index (χ0n) is 25.8. The first-order chi connectivity index (χ1) is 23.8. The molecule has 4 heteroatoms.